The highest BCUT2D eigenvalue weighted by Gasteiger charge is 2.34. The molecule has 1 saturated heterocycles. The average molecular weight is 330 g/mol. The summed E-state index contributed by atoms with van der Waals surface area (Å²) in [6.07, 6.45) is 4.43. The van der Waals surface area contributed by atoms with Crippen LogP contribution in [0.3, 0.4) is 0 Å². The van der Waals surface area contributed by atoms with E-state index in [4.69, 9.17) is 10.00 Å². The van der Waals surface area contributed by atoms with E-state index in [1.807, 2.05) is 12.1 Å². The van der Waals surface area contributed by atoms with Crippen LogP contribution < -0.4 is 0 Å². The summed E-state index contributed by atoms with van der Waals surface area (Å²) < 4.78 is 5.81. The van der Waals surface area contributed by atoms with Crippen LogP contribution in [0.1, 0.15) is 23.1 Å². The van der Waals surface area contributed by atoms with Crippen molar-refractivity contribution in [2.45, 2.75) is 31.5 Å². The van der Waals surface area contributed by atoms with Crippen LogP contribution in [0.25, 0.3) is 0 Å². The molecule has 0 spiro atoms. The highest BCUT2D eigenvalue weighted by molar-refractivity contribution is 5.34. The van der Waals surface area contributed by atoms with Crippen LogP contribution in [0.4, 0.5) is 0 Å². The number of nitriles is 1. The Bertz CT molecular complexity index is 789. The first-order valence-corrected chi connectivity index (χ1v) is 8.88. The molecule has 2 aliphatic heterocycles. The summed E-state index contributed by atoms with van der Waals surface area (Å²) in [7, 11) is 0. The summed E-state index contributed by atoms with van der Waals surface area (Å²) in [5.74, 6) is 0. The number of hydrogen-bond acceptors (Lipinski definition) is 3. The molecule has 126 valence electrons. The topological polar surface area (TPSA) is 36.3 Å². The number of hydrogen-bond donors (Lipinski definition) is 0. The maximum absolute atomic E-state index is 8.93. The van der Waals surface area contributed by atoms with Gasteiger partial charge in [0.25, 0.3) is 0 Å². The summed E-state index contributed by atoms with van der Waals surface area (Å²) in [6, 6.07) is 21.6. The molecule has 0 saturated carbocycles. The predicted molar refractivity (Wildman–Crippen MR) is 97.9 cm³/mol. The Morgan fingerprint density at radius 1 is 1.00 bits per heavy atom. The van der Waals surface area contributed by atoms with Crippen LogP contribution >= 0.6 is 0 Å². The fourth-order valence-electron chi connectivity index (χ4n) is 3.88. The first-order valence-electron chi connectivity index (χ1n) is 8.88. The molecule has 3 nitrogen and oxygen atoms in total. The molecule has 0 aliphatic carbocycles. The number of rotatable bonds is 4. The molecule has 0 N–H and O–H groups in total. The normalized spacial score (nSPS) is 22.9. The Kier molecular flexibility index (Phi) is 4.65. The summed E-state index contributed by atoms with van der Waals surface area (Å²) in [5.41, 5.74) is 4.86. The van der Waals surface area contributed by atoms with Crippen LogP contribution in [0.15, 0.2) is 66.2 Å². The number of morpholine rings is 1. The molecule has 2 heterocycles. The van der Waals surface area contributed by atoms with Crippen molar-refractivity contribution in [3.8, 4) is 6.07 Å². The third-order valence-electron chi connectivity index (χ3n) is 5.14. The first-order chi connectivity index (χ1) is 12.3. The zero-order valence-corrected chi connectivity index (χ0v) is 14.3. The summed E-state index contributed by atoms with van der Waals surface area (Å²) in [5, 5.41) is 8.93. The summed E-state index contributed by atoms with van der Waals surface area (Å²) in [6.45, 7) is 2.58. The van der Waals surface area contributed by atoms with Crippen molar-refractivity contribution in [3.63, 3.8) is 0 Å². The lowest BCUT2D eigenvalue weighted by molar-refractivity contribution is -0.0440. The molecule has 0 aromatic heterocycles. The monoisotopic (exact) mass is 330 g/mol. The fraction of sp³-hybridized carbons (Fsp3) is 0.318. The van der Waals surface area contributed by atoms with E-state index in [-0.39, 0.29) is 0 Å². The van der Waals surface area contributed by atoms with E-state index < -0.39 is 0 Å². The lowest BCUT2D eigenvalue weighted by Gasteiger charge is -2.45. The van der Waals surface area contributed by atoms with Crippen LogP contribution in [-0.4, -0.2) is 30.2 Å². The van der Waals surface area contributed by atoms with Crippen LogP contribution in [0.2, 0.25) is 0 Å². The molecule has 4 rings (SSSR count). The molecular formula is C22H22N2O. The highest BCUT2D eigenvalue weighted by atomic mass is 16.5. The molecule has 25 heavy (non-hydrogen) atoms. The van der Waals surface area contributed by atoms with Gasteiger partial charge in [0.05, 0.1) is 30.9 Å². The number of ether oxygens (including phenoxy) is 1. The molecular weight excluding hydrogens is 308 g/mol. The maximum atomic E-state index is 8.93. The van der Waals surface area contributed by atoms with Crippen molar-refractivity contribution in [1.82, 2.24) is 4.90 Å². The van der Waals surface area contributed by atoms with Crippen LogP contribution in [0, 0.1) is 11.3 Å². The Balaban J connectivity index is 1.49. The van der Waals surface area contributed by atoms with E-state index in [1.54, 1.807) is 0 Å². The Labute approximate surface area is 149 Å². The largest absolute Gasteiger partial charge is 0.378 e. The van der Waals surface area contributed by atoms with Crippen molar-refractivity contribution >= 4 is 0 Å². The van der Waals surface area contributed by atoms with E-state index in [0.29, 0.717) is 12.1 Å². The smallest absolute Gasteiger partial charge is 0.0991 e. The van der Waals surface area contributed by atoms with E-state index in [9.17, 15) is 0 Å². The van der Waals surface area contributed by atoms with Crippen molar-refractivity contribution in [2.24, 2.45) is 0 Å². The van der Waals surface area contributed by atoms with Gasteiger partial charge in [0.2, 0.25) is 0 Å². The van der Waals surface area contributed by atoms with Gasteiger partial charge in [0, 0.05) is 12.6 Å². The lowest BCUT2D eigenvalue weighted by Crippen LogP contribution is -2.53. The third-order valence-corrected chi connectivity index (χ3v) is 5.14. The van der Waals surface area contributed by atoms with Gasteiger partial charge in [-0.2, -0.15) is 5.26 Å². The Hall–Kier alpha value is -2.41. The molecule has 0 amide bonds. The van der Waals surface area contributed by atoms with Crippen LogP contribution in [0.5, 0.6) is 0 Å². The Morgan fingerprint density at radius 2 is 1.80 bits per heavy atom. The SMILES string of the molecule is N#Cc1ccc(CC2=CC3COCC(C2)N3Cc2ccccc2)cc1. The van der Waals surface area contributed by atoms with E-state index in [0.717, 1.165) is 38.2 Å². The minimum absolute atomic E-state index is 0.362. The van der Waals surface area contributed by atoms with Gasteiger partial charge in [-0.1, -0.05) is 54.1 Å². The van der Waals surface area contributed by atoms with E-state index in [2.05, 4.69) is 59.5 Å². The van der Waals surface area contributed by atoms with Gasteiger partial charge < -0.3 is 4.74 Å². The zero-order chi connectivity index (χ0) is 17.1. The molecule has 2 aliphatic rings. The Morgan fingerprint density at radius 3 is 2.52 bits per heavy atom. The minimum atomic E-state index is 0.362. The molecule has 2 unspecified atom stereocenters. The van der Waals surface area contributed by atoms with E-state index >= 15 is 0 Å². The van der Waals surface area contributed by atoms with Crippen molar-refractivity contribution < 1.29 is 4.74 Å². The zero-order valence-electron chi connectivity index (χ0n) is 14.3. The second-order valence-corrected chi connectivity index (χ2v) is 6.93. The average Bonchev–Trinajstić information content (AvgIpc) is 2.64. The van der Waals surface area contributed by atoms with Crippen molar-refractivity contribution in [1.29, 1.82) is 5.26 Å². The van der Waals surface area contributed by atoms with Gasteiger partial charge in [0.15, 0.2) is 0 Å². The predicted octanol–water partition coefficient (Wildman–Crippen LogP) is 3.70. The van der Waals surface area contributed by atoms with Gasteiger partial charge >= 0.3 is 0 Å². The molecule has 3 heteroatoms. The molecule has 2 atom stereocenters. The van der Waals surface area contributed by atoms with Crippen LogP contribution in [-0.2, 0) is 17.7 Å². The maximum Gasteiger partial charge on any atom is 0.0991 e. The van der Waals surface area contributed by atoms with Crippen molar-refractivity contribution in [3.05, 3.63) is 82.9 Å². The molecule has 2 aromatic rings. The second kappa shape index (κ2) is 7.23. The number of nitrogens with zero attached hydrogens (tertiary/aromatic N) is 2. The van der Waals surface area contributed by atoms with Gasteiger partial charge in [-0.15, -0.1) is 0 Å². The van der Waals surface area contributed by atoms with E-state index in [1.165, 1.54) is 16.7 Å². The second-order valence-electron chi connectivity index (χ2n) is 6.93. The highest BCUT2D eigenvalue weighted by Crippen LogP contribution is 2.30. The third kappa shape index (κ3) is 3.66. The molecule has 2 bridgehead atoms. The summed E-state index contributed by atoms with van der Waals surface area (Å²) >= 11 is 0. The molecule has 2 aromatic carbocycles. The number of benzene rings is 2. The quantitative estimate of drug-likeness (QED) is 0.802. The van der Waals surface area contributed by atoms with Gasteiger partial charge in [-0.25, -0.2) is 0 Å². The van der Waals surface area contributed by atoms with Gasteiger partial charge in [0.1, 0.15) is 0 Å². The number of fused-ring (bicyclic) bond motifs is 2. The lowest BCUT2D eigenvalue weighted by atomic mass is 9.89. The molecule has 0 radical (unpaired) electrons. The minimum Gasteiger partial charge on any atom is -0.378 e. The van der Waals surface area contributed by atoms with Gasteiger partial charge in [-0.3, -0.25) is 4.90 Å². The van der Waals surface area contributed by atoms with Gasteiger partial charge in [-0.05, 0) is 36.1 Å². The van der Waals surface area contributed by atoms with Crippen molar-refractivity contribution in [2.75, 3.05) is 13.2 Å². The standard InChI is InChI=1S/C22H22N2O/c23-13-18-8-6-17(7-9-18)10-20-11-21-15-25-16-22(12-20)24(21)14-19-4-2-1-3-5-19/h1-9,11,21-22H,10,12,14-16H2. The fourth-order valence-corrected chi connectivity index (χ4v) is 3.88. The molecule has 1 fully saturated rings. The summed E-state index contributed by atoms with van der Waals surface area (Å²) in [4.78, 5) is 2.58. The first kappa shape index (κ1) is 16.1.